The minimum Gasteiger partial charge on any atom is -0.380 e. The van der Waals surface area contributed by atoms with Crippen molar-refractivity contribution in [3.63, 3.8) is 0 Å². The van der Waals surface area contributed by atoms with E-state index in [-0.39, 0.29) is 0 Å². The molecule has 2 aliphatic heterocycles. The van der Waals surface area contributed by atoms with Crippen LogP contribution in [0.2, 0.25) is 0 Å². The third-order valence-corrected chi connectivity index (χ3v) is 4.90. The molecule has 1 unspecified atom stereocenters. The Bertz CT molecular complexity index is 394. The van der Waals surface area contributed by atoms with Gasteiger partial charge in [0.05, 0.1) is 0 Å². The Morgan fingerprint density at radius 3 is 2.63 bits per heavy atom. The lowest BCUT2D eigenvalue weighted by Crippen LogP contribution is -2.41. The highest BCUT2D eigenvalue weighted by Gasteiger charge is 2.26. The fourth-order valence-corrected chi connectivity index (χ4v) is 3.60. The molecular weight excluding hydrogens is 232 g/mol. The number of hydrogen-bond donors (Lipinski definition) is 1. The summed E-state index contributed by atoms with van der Waals surface area (Å²) in [7, 11) is 0. The molecule has 0 radical (unpaired) electrons. The van der Waals surface area contributed by atoms with Crippen molar-refractivity contribution in [2.24, 2.45) is 11.8 Å². The first-order chi connectivity index (χ1) is 9.22. The number of rotatable bonds is 3. The van der Waals surface area contributed by atoms with Gasteiger partial charge >= 0.3 is 0 Å². The predicted octanol–water partition coefficient (Wildman–Crippen LogP) is 3.39. The van der Waals surface area contributed by atoms with Crippen LogP contribution in [0.5, 0.6) is 0 Å². The summed E-state index contributed by atoms with van der Waals surface area (Å²) in [4.78, 5) is 2.66. The van der Waals surface area contributed by atoms with Crippen molar-refractivity contribution >= 4 is 5.69 Å². The molecule has 1 aromatic carbocycles. The van der Waals surface area contributed by atoms with Crippen LogP contribution in [-0.4, -0.2) is 30.6 Å². The van der Waals surface area contributed by atoms with E-state index >= 15 is 0 Å². The molecule has 0 aromatic heterocycles. The number of hydrogen-bond acceptors (Lipinski definition) is 2. The van der Waals surface area contributed by atoms with Gasteiger partial charge in [-0.3, -0.25) is 0 Å². The van der Waals surface area contributed by atoms with Crippen LogP contribution in [0, 0.1) is 11.8 Å². The molecule has 1 fully saturated rings. The van der Waals surface area contributed by atoms with Crippen LogP contribution >= 0.6 is 0 Å². The molecule has 3 rings (SSSR count). The average Bonchev–Trinajstić information content (AvgIpc) is 2.81. The molecule has 0 amide bonds. The van der Waals surface area contributed by atoms with Gasteiger partial charge in [0, 0.05) is 18.3 Å². The highest BCUT2D eigenvalue weighted by Crippen LogP contribution is 2.28. The quantitative estimate of drug-likeness (QED) is 0.894. The molecule has 104 valence electrons. The first kappa shape index (κ1) is 13.0. The molecule has 1 aromatic rings. The molecule has 1 N–H and O–H groups in total. The van der Waals surface area contributed by atoms with E-state index in [9.17, 15) is 0 Å². The van der Waals surface area contributed by atoms with Gasteiger partial charge in [-0.05, 0) is 55.8 Å². The standard InChI is InChI=1S/C17H26N2/c1-13(2)14-7-9-19(10-8-14)12-16-11-15-5-3-4-6-17(15)18-16/h3-6,13-14,16,18H,7-12H2,1-2H3. The summed E-state index contributed by atoms with van der Waals surface area (Å²) in [5.41, 5.74) is 2.84. The summed E-state index contributed by atoms with van der Waals surface area (Å²) < 4.78 is 0. The minimum atomic E-state index is 0.619. The van der Waals surface area contributed by atoms with Crippen molar-refractivity contribution in [1.29, 1.82) is 0 Å². The molecule has 1 saturated heterocycles. The van der Waals surface area contributed by atoms with Crippen molar-refractivity contribution in [3.05, 3.63) is 29.8 Å². The molecule has 0 saturated carbocycles. The summed E-state index contributed by atoms with van der Waals surface area (Å²) in [6, 6.07) is 9.36. The lowest BCUT2D eigenvalue weighted by molar-refractivity contribution is 0.154. The van der Waals surface area contributed by atoms with Crippen molar-refractivity contribution in [3.8, 4) is 0 Å². The van der Waals surface area contributed by atoms with Crippen molar-refractivity contribution < 1.29 is 0 Å². The number of likely N-dealkylation sites (tertiary alicyclic amines) is 1. The van der Waals surface area contributed by atoms with E-state index in [4.69, 9.17) is 0 Å². The highest BCUT2D eigenvalue weighted by molar-refractivity contribution is 5.56. The summed E-state index contributed by atoms with van der Waals surface area (Å²) in [6.07, 6.45) is 3.97. The Morgan fingerprint density at radius 2 is 1.95 bits per heavy atom. The van der Waals surface area contributed by atoms with Gasteiger partial charge in [-0.15, -0.1) is 0 Å². The molecule has 19 heavy (non-hydrogen) atoms. The fraction of sp³-hybridized carbons (Fsp3) is 0.647. The zero-order valence-corrected chi connectivity index (χ0v) is 12.2. The molecule has 2 nitrogen and oxygen atoms in total. The maximum atomic E-state index is 3.67. The maximum Gasteiger partial charge on any atom is 0.0429 e. The SMILES string of the molecule is CC(C)C1CCN(CC2Cc3ccccc3N2)CC1. The molecule has 2 heterocycles. The summed E-state index contributed by atoms with van der Waals surface area (Å²) >= 11 is 0. The zero-order valence-electron chi connectivity index (χ0n) is 12.2. The number of para-hydroxylation sites is 1. The van der Waals surface area contributed by atoms with Gasteiger partial charge in [-0.25, -0.2) is 0 Å². The van der Waals surface area contributed by atoms with E-state index in [2.05, 4.69) is 48.3 Å². The lowest BCUT2D eigenvalue weighted by Gasteiger charge is -2.35. The normalized spacial score (nSPS) is 24.5. The van der Waals surface area contributed by atoms with E-state index < -0.39 is 0 Å². The number of piperidine rings is 1. The third-order valence-electron chi connectivity index (χ3n) is 4.90. The van der Waals surface area contributed by atoms with Gasteiger partial charge in [0.25, 0.3) is 0 Å². The van der Waals surface area contributed by atoms with Crippen molar-refractivity contribution in [2.75, 3.05) is 25.0 Å². The second-order valence-corrected chi connectivity index (χ2v) is 6.58. The van der Waals surface area contributed by atoms with Gasteiger partial charge in [-0.1, -0.05) is 32.0 Å². The largest absolute Gasteiger partial charge is 0.380 e. The van der Waals surface area contributed by atoms with Crippen molar-refractivity contribution in [1.82, 2.24) is 4.90 Å². The Balaban J connectivity index is 1.50. The molecule has 0 bridgehead atoms. The van der Waals surface area contributed by atoms with Gasteiger partial charge in [0.15, 0.2) is 0 Å². The van der Waals surface area contributed by atoms with Crippen LogP contribution in [0.15, 0.2) is 24.3 Å². The topological polar surface area (TPSA) is 15.3 Å². The van der Waals surface area contributed by atoms with E-state index in [1.165, 1.54) is 50.1 Å². The maximum absolute atomic E-state index is 3.67. The molecule has 0 spiro atoms. The monoisotopic (exact) mass is 258 g/mol. The first-order valence-corrected chi connectivity index (χ1v) is 7.79. The van der Waals surface area contributed by atoms with Crippen LogP contribution in [0.1, 0.15) is 32.3 Å². The Kier molecular flexibility index (Phi) is 3.79. The van der Waals surface area contributed by atoms with Gasteiger partial charge in [0.2, 0.25) is 0 Å². The molecule has 2 aliphatic rings. The van der Waals surface area contributed by atoms with Gasteiger partial charge < -0.3 is 10.2 Å². The second kappa shape index (κ2) is 5.54. The van der Waals surface area contributed by atoms with E-state index in [0.29, 0.717) is 6.04 Å². The van der Waals surface area contributed by atoms with Crippen LogP contribution in [0.4, 0.5) is 5.69 Å². The number of benzene rings is 1. The molecule has 1 atom stereocenters. The van der Waals surface area contributed by atoms with Crippen LogP contribution in [-0.2, 0) is 6.42 Å². The average molecular weight is 258 g/mol. The second-order valence-electron chi connectivity index (χ2n) is 6.58. The van der Waals surface area contributed by atoms with E-state index in [0.717, 1.165) is 11.8 Å². The molecule has 0 aliphatic carbocycles. The van der Waals surface area contributed by atoms with Crippen LogP contribution in [0.3, 0.4) is 0 Å². The Labute approximate surface area is 117 Å². The van der Waals surface area contributed by atoms with Crippen LogP contribution < -0.4 is 5.32 Å². The highest BCUT2D eigenvalue weighted by atomic mass is 15.2. The van der Waals surface area contributed by atoms with E-state index in [1.807, 2.05) is 0 Å². The Hall–Kier alpha value is -1.02. The summed E-state index contributed by atoms with van der Waals surface area (Å²) in [6.45, 7) is 8.53. The zero-order chi connectivity index (χ0) is 13.2. The Morgan fingerprint density at radius 1 is 1.21 bits per heavy atom. The first-order valence-electron chi connectivity index (χ1n) is 7.79. The summed E-state index contributed by atoms with van der Waals surface area (Å²) in [5, 5.41) is 3.67. The summed E-state index contributed by atoms with van der Waals surface area (Å²) in [5.74, 6) is 1.81. The predicted molar refractivity (Wildman–Crippen MR) is 81.6 cm³/mol. The third kappa shape index (κ3) is 2.94. The number of nitrogens with zero attached hydrogens (tertiary/aromatic N) is 1. The number of fused-ring (bicyclic) bond motifs is 1. The van der Waals surface area contributed by atoms with E-state index in [1.54, 1.807) is 0 Å². The van der Waals surface area contributed by atoms with Gasteiger partial charge in [0.1, 0.15) is 0 Å². The minimum absolute atomic E-state index is 0.619. The van der Waals surface area contributed by atoms with Gasteiger partial charge in [-0.2, -0.15) is 0 Å². The van der Waals surface area contributed by atoms with Crippen molar-refractivity contribution in [2.45, 2.75) is 39.2 Å². The molecule has 2 heteroatoms. The van der Waals surface area contributed by atoms with Crippen LogP contribution in [0.25, 0.3) is 0 Å². The smallest absolute Gasteiger partial charge is 0.0429 e. The number of nitrogens with one attached hydrogen (secondary N) is 1. The fourth-order valence-electron chi connectivity index (χ4n) is 3.60. The number of anilines is 1. The lowest BCUT2D eigenvalue weighted by atomic mass is 9.86. The molecular formula is C17H26N2.